The molecule has 0 aromatic heterocycles. The number of aliphatic hydroxyl groups excluding tert-OH is 3. The number of hydrogen-bond acceptors (Lipinski definition) is 5. The predicted molar refractivity (Wildman–Crippen MR) is 109 cm³/mol. The van der Waals surface area contributed by atoms with Crippen LogP contribution in [-0.2, 0) is 9.53 Å². The molecule has 0 saturated carbocycles. The third-order valence-corrected chi connectivity index (χ3v) is 4.42. The molecule has 0 amide bonds. The Labute approximate surface area is 167 Å². The van der Waals surface area contributed by atoms with E-state index in [2.05, 4.69) is 19.1 Å². The summed E-state index contributed by atoms with van der Waals surface area (Å²) in [5.74, 6) is -0.849. The molecule has 1 heterocycles. The van der Waals surface area contributed by atoms with E-state index >= 15 is 0 Å². The molecule has 6 heteroatoms. The van der Waals surface area contributed by atoms with Crippen LogP contribution in [0.25, 0.3) is 0 Å². The number of carboxylic acids is 1. The van der Waals surface area contributed by atoms with Crippen molar-refractivity contribution in [3.63, 3.8) is 0 Å². The van der Waals surface area contributed by atoms with Gasteiger partial charge in [0.15, 0.2) is 0 Å². The summed E-state index contributed by atoms with van der Waals surface area (Å²) in [6, 6.07) is 0. The fraction of sp³-hybridized carbons (Fsp3) is 0.591. The molecule has 0 radical (unpaired) electrons. The molecule has 158 valence electrons. The Kier molecular flexibility index (Phi) is 12.4. The molecule has 0 unspecified atom stereocenters. The average molecular weight is 395 g/mol. The maximum Gasteiger partial charge on any atom is 0.303 e. The van der Waals surface area contributed by atoms with E-state index in [9.17, 15) is 20.1 Å². The van der Waals surface area contributed by atoms with Crippen LogP contribution in [0.4, 0.5) is 0 Å². The lowest BCUT2D eigenvalue weighted by Crippen LogP contribution is -2.25. The van der Waals surface area contributed by atoms with Crippen molar-refractivity contribution in [2.75, 3.05) is 0 Å². The number of carbonyl (C=O) groups is 1. The molecule has 0 aromatic carbocycles. The summed E-state index contributed by atoms with van der Waals surface area (Å²) in [5, 5.41) is 38.8. The number of carboxylic acid groups (broad SMARTS) is 1. The van der Waals surface area contributed by atoms with Gasteiger partial charge < -0.3 is 25.2 Å². The molecule has 1 fully saturated rings. The van der Waals surface area contributed by atoms with Gasteiger partial charge in [-0.1, -0.05) is 55.5 Å². The van der Waals surface area contributed by atoms with Crippen molar-refractivity contribution in [1.29, 1.82) is 0 Å². The molecule has 6 nitrogen and oxygen atoms in total. The predicted octanol–water partition coefficient (Wildman–Crippen LogP) is 2.90. The second kappa shape index (κ2) is 14.3. The summed E-state index contributed by atoms with van der Waals surface area (Å²) in [5.41, 5.74) is 0. The van der Waals surface area contributed by atoms with Crippen LogP contribution in [0.5, 0.6) is 0 Å². The quantitative estimate of drug-likeness (QED) is 0.358. The molecule has 1 aliphatic rings. The normalized spacial score (nSPS) is 25.5. The zero-order valence-electron chi connectivity index (χ0n) is 16.6. The third-order valence-electron chi connectivity index (χ3n) is 4.42. The molecule has 0 aromatic rings. The van der Waals surface area contributed by atoms with Gasteiger partial charge in [0.25, 0.3) is 0 Å². The fourth-order valence-electron chi connectivity index (χ4n) is 2.84. The minimum atomic E-state index is -0.849. The molecule has 0 bridgehead atoms. The van der Waals surface area contributed by atoms with Crippen molar-refractivity contribution in [3.8, 4) is 0 Å². The highest BCUT2D eigenvalue weighted by Crippen LogP contribution is 2.25. The SMILES string of the molecule is CC/C=C\C/C=C\C[C@@H](O)[C@@H]1C[C@@H](O)[C@H](/C=C/[C@H](O)C/C=C\CCC(=O)O)O1. The van der Waals surface area contributed by atoms with Crippen molar-refractivity contribution in [1.82, 2.24) is 0 Å². The first kappa shape index (κ1) is 24.3. The maximum absolute atomic E-state index is 10.4. The maximum atomic E-state index is 10.4. The van der Waals surface area contributed by atoms with E-state index in [1.54, 1.807) is 24.3 Å². The summed E-state index contributed by atoms with van der Waals surface area (Å²) in [6.45, 7) is 2.08. The number of ether oxygens (including phenoxy) is 1. The van der Waals surface area contributed by atoms with Crippen molar-refractivity contribution in [3.05, 3.63) is 48.6 Å². The van der Waals surface area contributed by atoms with E-state index in [-0.39, 0.29) is 6.42 Å². The van der Waals surface area contributed by atoms with Gasteiger partial charge >= 0.3 is 5.97 Å². The number of hydrogen-bond donors (Lipinski definition) is 4. The first-order chi connectivity index (χ1) is 13.4. The molecule has 1 saturated heterocycles. The highest BCUT2D eigenvalue weighted by molar-refractivity contribution is 5.66. The second-order valence-corrected chi connectivity index (χ2v) is 6.92. The van der Waals surface area contributed by atoms with Crippen LogP contribution in [0, 0.1) is 0 Å². The van der Waals surface area contributed by atoms with Crippen LogP contribution in [0.1, 0.15) is 51.9 Å². The topological polar surface area (TPSA) is 107 Å². The molecule has 28 heavy (non-hydrogen) atoms. The average Bonchev–Trinajstić information content (AvgIpc) is 3.03. The standard InChI is InChI=1S/C22H34O6/c1-2-3-4-5-6-9-12-18(24)21-16-19(25)20(28-21)15-14-17(23)11-8-7-10-13-22(26)27/h3-4,6-9,14-15,17-21,23-25H,2,5,10-13,16H2,1H3,(H,26,27)/b4-3-,8-7-,9-6-,15-14+/t17-,18-,19-,20+,21+/m1/s1. The Bertz CT molecular complexity index is 551. The van der Waals surface area contributed by atoms with E-state index in [0.717, 1.165) is 12.8 Å². The van der Waals surface area contributed by atoms with Gasteiger partial charge in [0.05, 0.1) is 24.4 Å². The zero-order chi connectivity index (χ0) is 20.8. The third kappa shape index (κ3) is 10.6. The first-order valence-corrected chi connectivity index (χ1v) is 9.98. The minimum absolute atomic E-state index is 0.0683. The van der Waals surface area contributed by atoms with Gasteiger partial charge in [0.2, 0.25) is 0 Å². The molecule has 0 aliphatic carbocycles. The summed E-state index contributed by atoms with van der Waals surface area (Å²) in [4.78, 5) is 10.4. The van der Waals surface area contributed by atoms with E-state index < -0.39 is 36.5 Å². The monoisotopic (exact) mass is 394 g/mol. The van der Waals surface area contributed by atoms with Gasteiger partial charge in [-0.15, -0.1) is 0 Å². The summed E-state index contributed by atoms with van der Waals surface area (Å²) in [7, 11) is 0. The highest BCUT2D eigenvalue weighted by Gasteiger charge is 2.35. The number of allylic oxidation sites excluding steroid dienone is 4. The first-order valence-electron chi connectivity index (χ1n) is 9.98. The molecule has 0 spiro atoms. The molecule has 1 rings (SSSR count). The van der Waals surface area contributed by atoms with E-state index in [1.807, 2.05) is 12.2 Å². The lowest BCUT2D eigenvalue weighted by Gasteiger charge is -2.16. The molecular formula is C22H34O6. The van der Waals surface area contributed by atoms with Crippen LogP contribution >= 0.6 is 0 Å². The van der Waals surface area contributed by atoms with Gasteiger partial charge in [0.1, 0.15) is 6.10 Å². The van der Waals surface area contributed by atoms with Crippen molar-refractivity contribution < 1.29 is 30.0 Å². The molecule has 5 atom stereocenters. The van der Waals surface area contributed by atoms with Crippen molar-refractivity contribution in [2.45, 2.75) is 82.4 Å². The van der Waals surface area contributed by atoms with E-state index in [0.29, 0.717) is 25.7 Å². The van der Waals surface area contributed by atoms with Gasteiger partial charge in [-0.25, -0.2) is 0 Å². The number of aliphatic hydroxyl groups is 3. The van der Waals surface area contributed by atoms with Gasteiger partial charge in [-0.3, -0.25) is 4.79 Å². The smallest absolute Gasteiger partial charge is 0.303 e. The molecule has 1 aliphatic heterocycles. The minimum Gasteiger partial charge on any atom is -0.481 e. The Morgan fingerprint density at radius 1 is 1.11 bits per heavy atom. The summed E-state index contributed by atoms with van der Waals surface area (Å²) >= 11 is 0. The summed E-state index contributed by atoms with van der Waals surface area (Å²) in [6.07, 6.45) is 15.1. The van der Waals surface area contributed by atoms with Crippen molar-refractivity contribution >= 4 is 5.97 Å². The van der Waals surface area contributed by atoms with Crippen LogP contribution in [0.2, 0.25) is 0 Å². The van der Waals surface area contributed by atoms with E-state index in [4.69, 9.17) is 9.84 Å². The zero-order valence-corrected chi connectivity index (χ0v) is 16.6. The number of aliphatic carboxylic acids is 1. The number of rotatable bonds is 13. The molecule has 4 N–H and O–H groups in total. The largest absolute Gasteiger partial charge is 0.481 e. The van der Waals surface area contributed by atoms with Crippen LogP contribution in [0.15, 0.2) is 48.6 Å². The lowest BCUT2D eigenvalue weighted by molar-refractivity contribution is -0.136. The van der Waals surface area contributed by atoms with E-state index in [1.165, 1.54) is 0 Å². The van der Waals surface area contributed by atoms with Gasteiger partial charge in [0, 0.05) is 12.8 Å². The Hall–Kier alpha value is -1.73. The van der Waals surface area contributed by atoms with Crippen LogP contribution in [0.3, 0.4) is 0 Å². The molecular weight excluding hydrogens is 360 g/mol. The Morgan fingerprint density at radius 2 is 1.82 bits per heavy atom. The van der Waals surface area contributed by atoms with Gasteiger partial charge in [-0.05, 0) is 32.1 Å². The lowest BCUT2D eigenvalue weighted by atomic mass is 10.0. The van der Waals surface area contributed by atoms with Gasteiger partial charge in [-0.2, -0.15) is 0 Å². The van der Waals surface area contributed by atoms with Crippen LogP contribution in [-0.4, -0.2) is 56.9 Å². The Balaban J connectivity index is 2.34. The fourth-order valence-corrected chi connectivity index (χ4v) is 2.84. The van der Waals surface area contributed by atoms with Crippen molar-refractivity contribution in [2.24, 2.45) is 0 Å². The van der Waals surface area contributed by atoms with Crippen LogP contribution < -0.4 is 0 Å². The second-order valence-electron chi connectivity index (χ2n) is 6.92. The summed E-state index contributed by atoms with van der Waals surface area (Å²) < 4.78 is 5.72. The Morgan fingerprint density at radius 3 is 2.54 bits per heavy atom. The highest BCUT2D eigenvalue weighted by atomic mass is 16.5.